The van der Waals surface area contributed by atoms with E-state index in [-0.39, 0.29) is 12.1 Å². The lowest BCUT2D eigenvalue weighted by Gasteiger charge is -2.21. The molecule has 3 aromatic rings. The number of imidazole rings is 1. The van der Waals surface area contributed by atoms with Crippen molar-refractivity contribution < 1.29 is 0 Å². The molecule has 0 amide bonds. The monoisotopic (exact) mass is 312 g/mol. The molecule has 0 bridgehead atoms. The van der Waals surface area contributed by atoms with Gasteiger partial charge in [-0.3, -0.25) is 9.08 Å². The Morgan fingerprint density at radius 1 is 1.13 bits per heavy atom. The zero-order valence-corrected chi connectivity index (χ0v) is 14.4. The minimum Gasteiger partial charge on any atom is -0.306 e. The molecule has 0 aromatic carbocycles. The highest BCUT2D eigenvalue weighted by Crippen LogP contribution is 2.12. The Morgan fingerprint density at radius 3 is 2.61 bits per heavy atom. The summed E-state index contributed by atoms with van der Waals surface area (Å²) in [7, 11) is 0. The highest BCUT2D eigenvalue weighted by atomic mass is 15.3. The lowest BCUT2D eigenvalue weighted by molar-refractivity contribution is 0.364. The molecule has 3 aromatic heterocycles. The SMILES string of the molecule is Cc1cnn(C(C)C(C)NCc2cn3c(C)cc(C)nc3n2)c1. The van der Waals surface area contributed by atoms with Gasteiger partial charge in [-0.05, 0) is 46.2 Å². The molecule has 1 N–H and O–H groups in total. The predicted molar refractivity (Wildman–Crippen MR) is 90.4 cm³/mol. The van der Waals surface area contributed by atoms with Crippen LogP contribution in [0.25, 0.3) is 5.78 Å². The van der Waals surface area contributed by atoms with Gasteiger partial charge >= 0.3 is 0 Å². The topological polar surface area (TPSA) is 60.0 Å². The van der Waals surface area contributed by atoms with Crippen LogP contribution in [0.4, 0.5) is 0 Å². The van der Waals surface area contributed by atoms with Gasteiger partial charge in [0.25, 0.3) is 0 Å². The van der Waals surface area contributed by atoms with Crippen molar-refractivity contribution in [1.82, 2.24) is 29.5 Å². The summed E-state index contributed by atoms with van der Waals surface area (Å²) in [6.45, 7) is 11.2. The largest absolute Gasteiger partial charge is 0.306 e. The third kappa shape index (κ3) is 3.27. The van der Waals surface area contributed by atoms with Crippen LogP contribution in [0.5, 0.6) is 0 Å². The third-order valence-corrected chi connectivity index (χ3v) is 4.29. The quantitative estimate of drug-likeness (QED) is 0.786. The first-order valence-electron chi connectivity index (χ1n) is 8.00. The van der Waals surface area contributed by atoms with Crippen molar-refractivity contribution in [1.29, 1.82) is 0 Å². The van der Waals surface area contributed by atoms with Crippen molar-refractivity contribution in [2.45, 2.75) is 53.2 Å². The van der Waals surface area contributed by atoms with Crippen LogP contribution in [0.3, 0.4) is 0 Å². The number of hydrogen-bond acceptors (Lipinski definition) is 4. The number of aryl methyl sites for hydroxylation is 3. The minimum absolute atomic E-state index is 0.280. The van der Waals surface area contributed by atoms with E-state index in [1.54, 1.807) is 0 Å². The minimum atomic E-state index is 0.280. The average molecular weight is 312 g/mol. The van der Waals surface area contributed by atoms with Crippen LogP contribution in [0.1, 0.15) is 42.5 Å². The summed E-state index contributed by atoms with van der Waals surface area (Å²) in [6, 6.07) is 2.63. The molecule has 23 heavy (non-hydrogen) atoms. The maximum Gasteiger partial charge on any atom is 0.234 e. The summed E-state index contributed by atoms with van der Waals surface area (Å²) in [5, 5.41) is 7.93. The van der Waals surface area contributed by atoms with Gasteiger partial charge in [0, 0.05) is 36.4 Å². The first-order valence-corrected chi connectivity index (χ1v) is 8.00. The van der Waals surface area contributed by atoms with Crippen LogP contribution >= 0.6 is 0 Å². The van der Waals surface area contributed by atoms with Crippen LogP contribution in [0, 0.1) is 20.8 Å². The molecule has 0 saturated heterocycles. The number of nitrogens with one attached hydrogen (secondary N) is 1. The first-order chi connectivity index (χ1) is 10.9. The average Bonchev–Trinajstić information content (AvgIpc) is 3.10. The summed E-state index contributed by atoms with van der Waals surface area (Å²) >= 11 is 0. The summed E-state index contributed by atoms with van der Waals surface area (Å²) in [4.78, 5) is 9.09. The molecule has 0 fully saturated rings. The van der Waals surface area contributed by atoms with E-state index in [0.29, 0.717) is 6.54 Å². The molecular weight excluding hydrogens is 288 g/mol. The van der Waals surface area contributed by atoms with Crippen molar-refractivity contribution in [2.24, 2.45) is 0 Å². The molecule has 0 aliphatic heterocycles. The first kappa shape index (κ1) is 15.7. The van der Waals surface area contributed by atoms with Gasteiger partial charge in [0.1, 0.15) is 0 Å². The summed E-state index contributed by atoms with van der Waals surface area (Å²) in [5.74, 6) is 0.766. The summed E-state index contributed by atoms with van der Waals surface area (Å²) in [5.41, 5.74) is 4.33. The third-order valence-electron chi connectivity index (χ3n) is 4.29. The number of fused-ring (bicyclic) bond motifs is 1. The summed E-state index contributed by atoms with van der Waals surface area (Å²) < 4.78 is 4.04. The maximum absolute atomic E-state index is 4.61. The van der Waals surface area contributed by atoms with E-state index < -0.39 is 0 Å². The lowest BCUT2D eigenvalue weighted by Crippen LogP contribution is -2.33. The van der Waals surface area contributed by atoms with Crippen molar-refractivity contribution in [2.75, 3.05) is 0 Å². The lowest BCUT2D eigenvalue weighted by atomic mass is 10.1. The maximum atomic E-state index is 4.61. The molecule has 0 radical (unpaired) electrons. The zero-order valence-electron chi connectivity index (χ0n) is 14.4. The number of nitrogens with zero attached hydrogens (tertiary/aromatic N) is 5. The summed E-state index contributed by atoms with van der Waals surface area (Å²) in [6.07, 6.45) is 6.02. The van der Waals surface area contributed by atoms with Gasteiger partial charge in [-0.25, -0.2) is 9.97 Å². The van der Waals surface area contributed by atoms with Crippen molar-refractivity contribution in [3.63, 3.8) is 0 Å². The second kappa shape index (κ2) is 6.12. The molecule has 122 valence electrons. The standard InChI is InChI=1S/C17H24N6/c1-11-7-19-23(9-11)15(5)14(4)18-8-16-10-22-13(3)6-12(2)20-17(22)21-16/h6-7,9-10,14-15,18H,8H2,1-5H3. The fraction of sp³-hybridized carbons (Fsp3) is 0.471. The second-order valence-electron chi connectivity index (χ2n) is 6.35. The Labute approximate surface area is 136 Å². The fourth-order valence-corrected chi connectivity index (χ4v) is 2.72. The van der Waals surface area contributed by atoms with Gasteiger partial charge in [-0.2, -0.15) is 5.10 Å². The zero-order chi connectivity index (χ0) is 16.6. The van der Waals surface area contributed by atoms with Crippen LogP contribution in [-0.2, 0) is 6.54 Å². The van der Waals surface area contributed by atoms with E-state index in [1.165, 1.54) is 5.56 Å². The van der Waals surface area contributed by atoms with Gasteiger partial charge in [0.05, 0.1) is 17.9 Å². The normalized spacial score (nSPS) is 14.3. The second-order valence-corrected chi connectivity index (χ2v) is 6.35. The van der Waals surface area contributed by atoms with Crippen LogP contribution in [0.2, 0.25) is 0 Å². The molecule has 0 saturated carbocycles. The van der Waals surface area contributed by atoms with Crippen LogP contribution in [0.15, 0.2) is 24.7 Å². The molecule has 6 heteroatoms. The van der Waals surface area contributed by atoms with Crippen LogP contribution in [-0.4, -0.2) is 30.2 Å². The Bertz CT molecular complexity index is 816. The van der Waals surface area contributed by atoms with Crippen LogP contribution < -0.4 is 5.32 Å². The highest BCUT2D eigenvalue weighted by molar-refractivity contribution is 5.34. The molecule has 2 unspecified atom stereocenters. The van der Waals surface area contributed by atoms with Gasteiger partial charge < -0.3 is 5.32 Å². The molecule has 3 heterocycles. The molecular formula is C17H24N6. The van der Waals surface area contributed by atoms with Crippen molar-refractivity contribution >= 4 is 5.78 Å². The van der Waals surface area contributed by atoms with E-state index >= 15 is 0 Å². The van der Waals surface area contributed by atoms with Gasteiger partial charge in [-0.15, -0.1) is 0 Å². The molecule has 3 rings (SSSR count). The smallest absolute Gasteiger partial charge is 0.234 e. The Morgan fingerprint density at radius 2 is 1.91 bits per heavy atom. The molecule has 0 aliphatic rings. The van der Waals surface area contributed by atoms with E-state index in [4.69, 9.17) is 0 Å². The molecule has 0 spiro atoms. The van der Waals surface area contributed by atoms with Crippen molar-refractivity contribution in [3.8, 4) is 0 Å². The fourth-order valence-electron chi connectivity index (χ4n) is 2.72. The van der Waals surface area contributed by atoms with E-state index in [2.05, 4.69) is 66.5 Å². The highest BCUT2D eigenvalue weighted by Gasteiger charge is 2.15. The molecule has 2 atom stereocenters. The predicted octanol–water partition coefficient (Wildman–Crippen LogP) is 2.59. The number of hydrogen-bond donors (Lipinski definition) is 1. The van der Waals surface area contributed by atoms with Crippen molar-refractivity contribution in [3.05, 3.63) is 47.3 Å². The van der Waals surface area contributed by atoms with Gasteiger partial charge in [-0.1, -0.05) is 0 Å². The van der Waals surface area contributed by atoms with E-state index in [0.717, 1.165) is 22.9 Å². The van der Waals surface area contributed by atoms with Gasteiger partial charge in [0.15, 0.2) is 0 Å². The van der Waals surface area contributed by atoms with E-state index in [1.807, 2.05) is 22.2 Å². The van der Waals surface area contributed by atoms with Gasteiger partial charge in [0.2, 0.25) is 5.78 Å². The molecule has 6 nitrogen and oxygen atoms in total. The number of rotatable bonds is 5. The number of aromatic nitrogens is 5. The van der Waals surface area contributed by atoms with E-state index in [9.17, 15) is 0 Å². The Balaban J connectivity index is 1.69. The Hall–Kier alpha value is -2.21. The molecule has 0 aliphatic carbocycles. The Kier molecular flexibility index (Phi) is 4.17.